The zero-order valence-electron chi connectivity index (χ0n) is 10.6. The molecule has 2 N–H and O–H groups in total. The van der Waals surface area contributed by atoms with Crippen molar-refractivity contribution in [1.82, 2.24) is 15.2 Å². The van der Waals surface area contributed by atoms with Gasteiger partial charge < -0.3 is 15.2 Å². The number of carbonyl (C=O) groups is 1. The number of nitrogens with one attached hydrogen (secondary N) is 2. The second-order valence-corrected chi connectivity index (χ2v) is 4.90. The summed E-state index contributed by atoms with van der Waals surface area (Å²) in [7, 11) is 2.12. The van der Waals surface area contributed by atoms with Gasteiger partial charge in [0.1, 0.15) is 0 Å². The van der Waals surface area contributed by atoms with E-state index in [1.54, 1.807) is 6.07 Å². The fourth-order valence-corrected chi connectivity index (χ4v) is 2.19. The average molecular weight is 249 g/mol. The molecule has 0 radical (unpaired) electrons. The number of pyridine rings is 1. The first-order valence-corrected chi connectivity index (χ1v) is 6.30. The molecule has 2 rings (SSSR count). The summed E-state index contributed by atoms with van der Waals surface area (Å²) in [4.78, 5) is 27.7. The number of rotatable bonds is 3. The van der Waals surface area contributed by atoms with Gasteiger partial charge >= 0.3 is 0 Å². The Hall–Kier alpha value is -1.62. The predicted molar refractivity (Wildman–Crippen MR) is 69.6 cm³/mol. The minimum absolute atomic E-state index is 0.167. The van der Waals surface area contributed by atoms with E-state index in [0.29, 0.717) is 18.0 Å². The van der Waals surface area contributed by atoms with E-state index in [4.69, 9.17) is 0 Å². The van der Waals surface area contributed by atoms with Gasteiger partial charge in [0, 0.05) is 24.4 Å². The second-order valence-electron chi connectivity index (χ2n) is 4.90. The number of piperidine rings is 1. The molecule has 0 aliphatic carbocycles. The molecule has 1 aliphatic rings. The molecule has 1 saturated heterocycles. The maximum Gasteiger partial charge on any atom is 0.251 e. The van der Waals surface area contributed by atoms with Gasteiger partial charge in [-0.25, -0.2) is 0 Å². The van der Waals surface area contributed by atoms with Crippen LogP contribution in [0, 0.1) is 5.92 Å². The Morgan fingerprint density at radius 1 is 1.50 bits per heavy atom. The maximum atomic E-state index is 11.8. The Morgan fingerprint density at radius 3 is 2.89 bits per heavy atom. The molecule has 0 bridgehead atoms. The van der Waals surface area contributed by atoms with E-state index >= 15 is 0 Å². The number of aromatic nitrogens is 1. The third-order valence-corrected chi connectivity index (χ3v) is 3.43. The molecule has 1 aromatic rings. The third-order valence-electron chi connectivity index (χ3n) is 3.43. The topological polar surface area (TPSA) is 65.2 Å². The molecule has 1 aliphatic heterocycles. The minimum atomic E-state index is -0.248. The Bertz CT molecular complexity index is 461. The van der Waals surface area contributed by atoms with Crippen molar-refractivity contribution in [3.05, 3.63) is 34.2 Å². The Labute approximate surface area is 106 Å². The first-order valence-electron chi connectivity index (χ1n) is 6.30. The fourth-order valence-electron chi connectivity index (χ4n) is 2.19. The minimum Gasteiger partial charge on any atom is -0.352 e. The zero-order valence-corrected chi connectivity index (χ0v) is 10.6. The smallest absolute Gasteiger partial charge is 0.251 e. The van der Waals surface area contributed by atoms with E-state index in [1.807, 2.05) is 0 Å². The van der Waals surface area contributed by atoms with Gasteiger partial charge in [-0.2, -0.15) is 0 Å². The van der Waals surface area contributed by atoms with Gasteiger partial charge in [-0.05, 0) is 45.0 Å². The number of hydrogen-bond acceptors (Lipinski definition) is 3. The SMILES string of the molecule is CN1CCC(CNC(=O)c2cc[nH]c(=O)c2)CC1. The van der Waals surface area contributed by atoms with Crippen LogP contribution in [0.15, 0.2) is 23.1 Å². The number of likely N-dealkylation sites (tertiary alicyclic amines) is 1. The van der Waals surface area contributed by atoms with E-state index in [0.717, 1.165) is 25.9 Å². The Kier molecular flexibility index (Phi) is 4.15. The molecule has 98 valence electrons. The van der Waals surface area contributed by atoms with Gasteiger partial charge in [-0.15, -0.1) is 0 Å². The molecule has 1 amide bonds. The molecule has 0 spiro atoms. The van der Waals surface area contributed by atoms with Crippen LogP contribution in [-0.4, -0.2) is 42.5 Å². The van der Waals surface area contributed by atoms with Gasteiger partial charge in [0.15, 0.2) is 0 Å². The van der Waals surface area contributed by atoms with Gasteiger partial charge in [0.05, 0.1) is 0 Å². The number of H-pyrrole nitrogens is 1. The highest BCUT2D eigenvalue weighted by Crippen LogP contribution is 2.14. The van der Waals surface area contributed by atoms with Crippen molar-refractivity contribution in [3.63, 3.8) is 0 Å². The number of aromatic amines is 1. The lowest BCUT2D eigenvalue weighted by molar-refractivity contribution is 0.0939. The lowest BCUT2D eigenvalue weighted by Crippen LogP contribution is -2.37. The largest absolute Gasteiger partial charge is 0.352 e. The molecule has 18 heavy (non-hydrogen) atoms. The van der Waals surface area contributed by atoms with Crippen LogP contribution in [0.4, 0.5) is 0 Å². The highest BCUT2D eigenvalue weighted by molar-refractivity contribution is 5.93. The number of carbonyl (C=O) groups excluding carboxylic acids is 1. The quantitative estimate of drug-likeness (QED) is 0.817. The van der Waals surface area contributed by atoms with E-state index in [1.165, 1.54) is 12.3 Å². The van der Waals surface area contributed by atoms with Crippen LogP contribution >= 0.6 is 0 Å². The predicted octanol–water partition coefficient (Wildman–Crippen LogP) is 0.446. The molecule has 0 unspecified atom stereocenters. The summed E-state index contributed by atoms with van der Waals surface area (Å²) in [5, 5.41) is 2.90. The molecular weight excluding hydrogens is 230 g/mol. The molecule has 0 saturated carbocycles. The van der Waals surface area contributed by atoms with Crippen molar-refractivity contribution >= 4 is 5.91 Å². The van der Waals surface area contributed by atoms with Crippen LogP contribution in [0.25, 0.3) is 0 Å². The van der Waals surface area contributed by atoms with E-state index < -0.39 is 0 Å². The summed E-state index contributed by atoms with van der Waals surface area (Å²) >= 11 is 0. The summed E-state index contributed by atoms with van der Waals surface area (Å²) < 4.78 is 0. The number of nitrogens with zero attached hydrogens (tertiary/aromatic N) is 1. The van der Waals surface area contributed by atoms with Crippen molar-refractivity contribution < 1.29 is 4.79 Å². The highest BCUT2D eigenvalue weighted by Gasteiger charge is 2.17. The number of hydrogen-bond donors (Lipinski definition) is 2. The Morgan fingerprint density at radius 2 is 2.22 bits per heavy atom. The molecule has 1 aromatic heterocycles. The lowest BCUT2D eigenvalue weighted by Gasteiger charge is -2.28. The first-order chi connectivity index (χ1) is 8.65. The second kappa shape index (κ2) is 5.82. The molecule has 1 fully saturated rings. The van der Waals surface area contributed by atoms with Gasteiger partial charge in [-0.1, -0.05) is 0 Å². The number of amides is 1. The molecule has 0 aromatic carbocycles. The van der Waals surface area contributed by atoms with Crippen molar-refractivity contribution in [2.75, 3.05) is 26.7 Å². The maximum absolute atomic E-state index is 11.8. The van der Waals surface area contributed by atoms with Gasteiger partial charge in [0.2, 0.25) is 5.56 Å². The molecule has 2 heterocycles. The average Bonchev–Trinajstić information content (AvgIpc) is 2.38. The van der Waals surface area contributed by atoms with Crippen molar-refractivity contribution in [3.8, 4) is 0 Å². The standard InChI is InChI=1S/C13H19N3O2/c1-16-6-3-10(4-7-16)9-15-13(18)11-2-5-14-12(17)8-11/h2,5,8,10H,3-4,6-7,9H2,1H3,(H,14,17)(H,15,18). The van der Waals surface area contributed by atoms with E-state index in [2.05, 4.69) is 22.2 Å². The van der Waals surface area contributed by atoms with Crippen molar-refractivity contribution in [1.29, 1.82) is 0 Å². The van der Waals surface area contributed by atoms with Crippen LogP contribution in [0.5, 0.6) is 0 Å². The van der Waals surface area contributed by atoms with Crippen LogP contribution < -0.4 is 10.9 Å². The van der Waals surface area contributed by atoms with E-state index in [9.17, 15) is 9.59 Å². The molecule has 0 atom stereocenters. The summed E-state index contributed by atoms with van der Waals surface area (Å²) in [6.07, 6.45) is 3.73. The monoisotopic (exact) mass is 249 g/mol. The Balaban J connectivity index is 1.83. The lowest BCUT2D eigenvalue weighted by atomic mass is 9.97. The fraction of sp³-hybridized carbons (Fsp3) is 0.538. The van der Waals surface area contributed by atoms with Crippen molar-refractivity contribution in [2.24, 2.45) is 5.92 Å². The first kappa shape index (κ1) is 12.8. The summed E-state index contributed by atoms with van der Waals surface area (Å²) in [6.45, 7) is 2.87. The highest BCUT2D eigenvalue weighted by atomic mass is 16.2. The summed E-state index contributed by atoms with van der Waals surface area (Å²) in [5.74, 6) is 0.382. The summed E-state index contributed by atoms with van der Waals surface area (Å²) in [5.41, 5.74) is 0.175. The molecular formula is C13H19N3O2. The van der Waals surface area contributed by atoms with Crippen LogP contribution in [0.1, 0.15) is 23.2 Å². The normalized spacial score (nSPS) is 17.6. The third kappa shape index (κ3) is 3.43. The van der Waals surface area contributed by atoms with Gasteiger partial charge in [-0.3, -0.25) is 9.59 Å². The van der Waals surface area contributed by atoms with Gasteiger partial charge in [0.25, 0.3) is 5.91 Å². The molecule has 5 nitrogen and oxygen atoms in total. The van der Waals surface area contributed by atoms with Crippen molar-refractivity contribution in [2.45, 2.75) is 12.8 Å². The zero-order chi connectivity index (χ0) is 13.0. The molecule has 5 heteroatoms. The summed E-state index contributed by atoms with van der Waals surface area (Å²) in [6, 6.07) is 2.94. The van der Waals surface area contributed by atoms with Crippen LogP contribution in [0.2, 0.25) is 0 Å². The van der Waals surface area contributed by atoms with E-state index in [-0.39, 0.29) is 11.5 Å². The van der Waals surface area contributed by atoms with Crippen LogP contribution in [0.3, 0.4) is 0 Å². The van der Waals surface area contributed by atoms with Crippen LogP contribution in [-0.2, 0) is 0 Å².